The van der Waals surface area contributed by atoms with Crippen molar-refractivity contribution in [3.8, 4) is 0 Å². The van der Waals surface area contributed by atoms with Crippen LogP contribution in [0.3, 0.4) is 0 Å². The molecule has 0 bridgehead atoms. The number of thioether (sulfide) groups is 1. The molecule has 118 valence electrons. The van der Waals surface area contributed by atoms with Gasteiger partial charge in [0.1, 0.15) is 0 Å². The molecule has 1 amide bonds. The van der Waals surface area contributed by atoms with Crippen LogP contribution in [0, 0.1) is 0 Å². The van der Waals surface area contributed by atoms with Crippen molar-refractivity contribution < 1.29 is 14.7 Å². The van der Waals surface area contributed by atoms with Gasteiger partial charge in [-0.3, -0.25) is 4.79 Å². The van der Waals surface area contributed by atoms with E-state index in [1.807, 2.05) is 30.3 Å². The van der Waals surface area contributed by atoms with Gasteiger partial charge in [0.25, 0.3) is 0 Å². The van der Waals surface area contributed by atoms with Crippen molar-refractivity contribution in [1.29, 1.82) is 0 Å². The molecule has 2 aromatic rings. The summed E-state index contributed by atoms with van der Waals surface area (Å²) in [6.45, 7) is 0. The van der Waals surface area contributed by atoms with Gasteiger partial charge in [-0.25, -0.2) is 10.2 Å². The summed E-state index contributed by atoms with van der Waals surface area (Å²) in [5, 5.41) is 12.7. The summed E-state index contributed by atoms with van der Waals surface area (Å²) in [6.07, 6.45) is 1.85. The highest BCUT2D eigenvalue weighted by atomic mass is 32.2. The van der Waals surface area contributed by atoms with E-state index in [4.69, 9.17) is 5.11 Å². The molecule has 6 heteroatoms. The zero-order chi connectivity index (χ0) is 16.5. The summed E-state index contributed by atoms with van der Waals surface area (Å²) in [5.41, 5.74) is 3.38. The molecule has 0 aliphatic heterocycles. The molecule has 0 radical (unpaired) electrons. The number of benzene rings is 2. The number of nitrogens with one attached hydrogen (secondary N) is 1. The molecule has 5 nitrogen and oxygen atoms in total. The van der Waals surface area contributed by atoms with Gasteiger partial charge in [0.05, 0.1) is 11.8 Å². The predicted octanol–water partition coefficient (Wildman–Crippen LogP) is 3.02. The van der Waals surface area contributed by atoms with E-state index < -0.39 is 5.97 Å². The molecule has 0 aromatic heterocycles. The van der Waals surface area contributed by atoms with Gasteiger partial charge in [-0.05, 0) is 29.8 Å². The number of aromatic carboxylic acids is 1. The van der Waals surface area contributed by atoms with Crippen molar-refractivity contribution in [2.45, 2.75) is 11.3 Å². The van der Waals surface area contributed by atoms with Crippen molar-refractivity contribution in [1.82, 2.24) is 5.43 Å². The minimum atomic E-state index is -0.974. The Labute approximate surface area is 138 Å². The topological polar surface area (TPSA) is 78.8 Å². The molecule has 0 atom stereocenters. The van der Waals surface area contributed by atoms with Crippen LogP contribution in [0.5, 0.6) is 0 Å². The summed E-state index contributed by atoms with van der Waals surface area (Å²) in [4.78, 5) is 23.5. The third-order valence-corrected chi connectivity index (χ3v) is 3.92. The quantitative estimate of drug-likeness (QED) is 0.465. The summed E-state index contributed by atoms with van der Waals surface area (Å²) in [6, 6.07) is 16.1. The van der Waals surface area contributed by atoms with Crippen molar-refractivity contribution in [3.63, 3.8) is 0 Å². The molecule has 0 saturated carbocycles. The molecule has 2 rings (SSSR count). The lowest BCUT2D eigenvalue weighted by molar-refractivity contribution is -0.120. The first-order valence-corrected chi connectivity index (χ1v) is 7.97. The minimum Gasteiger partial charge on any atom is -0.478 e. The average Bonchev–Trinajstić information content (AvgIpc) is 2.56. The number of rotatable bonds is 7. The Balaban J connectivity index is 1.72. The number of carboxylic acid groups (broad SMARTS) is 1. The summed E-state index contributed by atoms with van der Waals surface area (Å²) >= 11 is 1.61. The lowest BCUT2D eigenvalue weighted by atomic mass is 10.1. The lowest BCUT2D eigenvalue weighted by Crippen LogP contribution is -2.17. The number of nitrogens with zero attached hydrogens (tertiary/aromatic N) is 1. The van der Waals surface area contributed by atoms with Gasteiger partial charge in [-0.1, -0.05) is 30.3 Å². The largest absolute Gasteiger partial charge is 0.478 e. The average molecular weight is 328 g/mol. The fourth-order valence-corrected chi connectivity index (χ4v) is 2.60. The maximum atomic E-state index is 11.7. The minimum absolute atomic E-state index is 0.160. The highest BCUT2D eigenvalue weighted by Crippen LogP contribution is 2.17. The number of hydrazone groups is 1. The molecule has 0 aliphatic rings. The van der Waals surface area contributed by atoms with E-state index in [0.29, 0.717) is 17.7 Å². The molecule has 0 fully saturated rings. The van der Waals surface area contributed by atoms with Crippen molar-refractivity contribution in [2.24, 2.45) is 5.10 Å². The standard InChI is InChI=1S/C17H16N2O3S/c20-16(10-11-23-15-4-2-1-3-5-15)19-18-12-13-6-8-14(9-7-13)17(21)22/h1-9,12H,10-11H2,(H,19,20)(H,21,22). The number of amides is 1. The second-order valence-electron chi connectivity index (χ2n) is 4.63. The Hall–Kier alpha value is -2.60. The molecule has 23 heavy (non-hydrogen) atoms. The first kappa shape index (κ1) is 16.8. The maximum absolute atomic E-state index is 11.7. The van der Waals surface area contributed by atoms with E-state index in [-0.39, 0.29) is 11.5 Å². The van der Waals surface area contributed by atoms with E-state index in [1.54, 1.807) is 23.9 Å². The van der Waals surface area contributed by atoms with Crippen LogP contribution in [-0.2, 0) is 4.79 Å². The first-order valence-electron chi connectivity index (χ1n) is 6.98. The number of hydrogen-bond acceptors (Lipinski definition) is 4. The lowest BCUT2D eigenvalue weighted by Gasteiger charge is -2.01. The van der Waals surface area contributed by atoms with E-state index in [2.05, 4.69) is 10.5 Å². The van der Waals surface area contributed by atoms with Gasteiger partial charge in [0.15, 0.2) is 0 Å². The molecule has 0 spiro atoms. The Morgan fingerprint density at radius 2 is 1.78 bits per heavy atom. The summed E-state index contributed by atoms with van der Waals surface area (Å²) in [5.74, 6) is -0.455. The van der Waals surface area contributed by atoms with Gasteiger partial charge in [0.2, 0.25) is 5.91 Å². The third-order valence-electron chi connectivity index (χ3n) is 2.90. The molecule has 2 N–H and O–H groups in total. The zero-order valence-corrected chi connectivity index (χ0v) is 13.1. The van der Waals surface area contributed by atoms with E-state index in [0.717, 1.165) is 4.90 Å². The fraction of sp³-hybridized carbons (Fsp3) is 0.118. The van der Waals surface area contributed by atoms with Crippen molar-refractivity contribution in [2.75, 3.05) is 5.75 Å². The Morgan fingerprint density at radius 3 is 2.43 bits per heavy atom. The predicted molar refractivity (Wildman–Crippen MR) is 90.9 cm³/mol. The van der Waals surface area contributed by atoms with Crippen LogP contribution in [0.15, 0.2) is 64.6 Å². The SMILES string of the molecule is O=C(CCSc1ccccc1)NN=Cc1ccc(C(=O)O)cc1. The van der Waals surface area contributed by atoms with Crippen molar-refractivity contribution in [3.05, 3.63) is 65.7 Å². The molecule has 2 aromatic carbocycles. The highest BCUT2D eigenvalue weighted by molar-refractivity contribution is 7.99. The smallest absolute Gasteiger partial charge is 0.335 e. The van der Waals surface area contributed by atoms with E-state index >= 15 is 0 Å². The maximum Gasteiger partial charge on any atom is 0.335 e. The fourth-order valence-electron chi connectivity index (χ4n) is 1.72. The van der Waals surface area contributed by atoms with Gasteiger partial charge in [0, 0.05) is 17.1 Å². The van der Waals surface area contributed by atoms with Crippen LogP contribution in [0.1, 0.15) is 22.3 Å². The number of carbonyl (C=O) groups excluding carboxylic acids is 1. The third kappa shape index (κ3) is 5.96. The van der Waals surface area contributed by atoms with Crippen LogP contribution in [0.4, 0.5) is 0 Å². The second-order valence-corrected chi connectivity index (χ2v) is 5.80. The molecular formula is C17H16N2O3S. The van der Waals surface area contributed by atoms with Crippen LogP contribution in [0.25, 0.3) is 0 Å². The van der Waals surface area contributed by atoms with Crippen molar-refractivity contribution >= 4 is 29.9 Å². The van der Waals surface area contributed by atoms with Crippen LogP contribution >= 0.6 is 11.8 Å². The normalized spacial score (nSPS) is 10.6. The van der Waals surface area contributed by atoms with E-state index in [9.17, 15) is 9.59 Å². The van der Waals surface area contributed by atoms with Crippen LogP contribution < -0.4 is 5.43 Å². The molecule has 0 unspecified atom stereocenters. The second kappa shape index (κ2) is 8.75. The first-order chi connectivity index (χ1) is 11.1. The Morgan fingerprint density at radius 1 is 1.09 bits per heavy atom. The van der Waals surface area contributed by atoms with Gasteiger partial charge in [-0.2, -0.15) is 5.10 Å². The van der Waals surface area contributed by atoms with Gasteiger partial charge < -0.3 is 5.11 Å². The highest BCUT2D eigenvalue weighted by Gasteiger charge is 2.02. The zero-order valence-electron chi connectivity index (χ0n) is 12.3. The molecular weight excluding hydrogens is 312 g/mol. The summed E-state index contributed by atoms with van der Waals surface area (Å²) < 4.78 is 0. The van der Waals surface area contributed by atoms with E-state index in [1.165, 1.54) is 18.3 Å². The monoisotopic (exact) mass is 328 g/mol. The number of carbonyl (C=O) groups is 2. The number of carboxylic acids is 1. The van der Waals surface area contributed by atoms with Gasteiger partial charge in [-0.15, -0.1) is 11.8 Å². The number of hydrogen-bond donors (Lipinski definition) is 2. The molecule has 0 aliphatic carbocycles. The molecule has 0 heterocycles. The van der Waals surface area contributed by atoms with Crippen LogP contribution in [-0.4, -0.2) is 29.0 Å². The van der Waals surface area contributed by atoms with Gasteiger partial charge >= 0.3 is 5.97 Å². The Kier molecular flexibility index (Phi) is 6.38. The Bertz CT molecular complexity index is 685. The molecule has 0 saturated heterocycles. The van der Waals surface area contributed by atoms with Crippen LogP contribution in [0.2, 0.25) is 0 Å². The summed E-state index contributed by atoms with van der Waals surface area (Å²) in [7, 11) is 0.